The topological polar surface area (TPSA) is 130 Å². The number of ketones is 1. The number of Topliss-reactive ketones (excluding diaryl/α,β-unsaturated/α-hetero) is 1. The smallest absolute Gasteiger partial charge is 0.331 e. The van der Waals surface area contributed by atoms with Gasteiger partial charge in [0.05, 0.1) is 15.5 Å². The van der Waals surface area contributed by atoms with Gasteiger partial charge in [0.15, 0.2) is 5.78 Å². The second-order valence-corrected chi connectivity index (χ2v) is 15.6. The lowest BCUT2D eigenvalue weighted by molar-refractivity contribution is -0.314. The summed E-state index contributed by atoms with van der Waals surface area (Å²) in [7, 11) is 0. The molecule has 47 heavy (non-hydrogen) atoms. The van der Waals surface area contributed by atoms with Crippen LogP contribution in [0.3, 0.4) is 0 Å². The fourth-order valence-electron chi connectivity index (χ4n) is 8.97. The molecule has 3 fully saturated rings. The first-order valence-electron chi connectivity index (χ1n) is 16.4. The van der Waals surface area contributed by atoms with E-state index in [1.807, 2.05) is 33.8 Å². The monoisotopic (exact) mass is 688 g/mol. The third kappa shape index (κ3) is 5.62. The summed E-state index contributed by atoms with van der Waals surface area (Å²) in [6, 6.07) is 5.05. The summed E-state index contributed by atoms with van der Waals surface area (Å²) in [5.74, 6) is -2.11. The zero-order valence-corrected chi connectivity index (χ0v) is 29.5. The molecule has 1 aromatic carbocycles. The van der Waals surface area contributed by atoms with Gasteiger partial charge in [-0.1, -0.05) is 67.3 Å². The van der Waals surface area contributed by atoms with Crippen LogP contribution in [0.25, 0.3) is 6.08 Å². The highest BCUT2D eigenvalue weighted by Crippen LogP contribution is 2.71. The normalized spacial score (nSPS) is 38.3. The van der Waals surface area contributed by atoms with Crippen molar-refractivity contribution in [3.05, 3.63) is 63.2 Å². The molecular formula is C37H46Cl2O8. The summed E-state index contributed by atoms with van der Waals surface area (Å²) in [6.45, 7) is 10.6. The molecule has 10 heteroatoms. The molecule has 256 valence electrons. The highest BCUT2D eigenvalue weighted by atomic mass is 35.5. The van der Waals surface area contributed by atoms with Crippen molar-refractivity contribution in [2.45, 2.75) is 115 Å². The molecule has 1 aromatic rings. The van der Waals surface area contributed by atoms with Crippen LogP contribution in [0.2, 0.25) is 10.0 Å². The number of halogens is 2. The van der Waals surface area contributed by atoms with E-state index < -0.39 is 63.5 Å². The van der Waals surface area contributed by atoms with E-state index in [1.54, 1.807) is 31.2 Å². The van der Waals surface area contributed by atoms with Crippen LogP contribution < -0.4 is 0 Å². The number of ether oxygens (including phenoxy) is 2. The fraction of sp³-hybridized carbons (Fsp3) is 0.595. The first kappa shape index (κ1) is 35.8. The molecule has 3 N–H and O–H groups in total. The maximum atomic E-state index is 13.3. The summed E-state index contributed by atoms with van der Waals surface area (Å²) in [6.07, 6.45) is 6.46. The van der Waals surface area contributed by atoms with Crippen LogP contribution in [0.5, 0.6) is 0 Å². The number of fused-ring (bicyclic) bond motifs is 5. The maximum absolute atomic E-state index is 13.3. The van der Waals surface area contributed by atoms with Gasteiger partial charge in [-0.3, -0.25) is 4.79 Å². The van der Waals surface area contributed by atoms with Crippen molar-refractivity contribution in [1.82, 2.24) is 0 Å². The van der Waals surface area contributed by atoms with Crippen molar-refractivity contribution in [2.75, 3.05) is 0 Å². The Balaban J connectivity index is 1.43. The van der Waals surface area contributed by atoms with Crippen molar-refractivity contribution in [1.29, 1.82) is 0 Å². The molecule has 4 aliphatic carbocycles. The molecule has 1 unspecified atom stereocenters. The predicted molar refractivity (Wildman–Crippen MR) is 179 cm³/mol. The SMILES string of the molecule is CC(=O)[C@]1(O)CC[C@@]2(O)[C@]1(C)[C@H](OC(=O)/C=C(\C)C(C)C)CC1[C@@]3(C)CC[C@H](OC(=O)/C=C/c4ccc(Cl)c(Cl)c4)CC3=CC[C@]12O. The first-order valence-corrected chi connectivity index (χ1v) is 17.2. The number of rotatable bonds is 7. The van der Waals surface area contributed by atoms with Gasteiger partial charge in [0.2, 0.25) is 0 Å². The molecule has 0 heterocycles. The molecule has 3 saturated carbocycles. The highest BCUT2D eigenvalue weighted by Gasteiger charge is 2.81. The van der Waals surface area contributed by atoms with Crippen molar-refractivity contribution >= 4 is 47.0 Å². The zero-order valence-electron chi connectivity index (χ0n) is 27.9. The molecule has 0 amide bonds. The van der Waals surface area contributed by atoms with Crippen LogP contribution in [0, 0.1) is 22.7 Å². The number of carbonyl (C=O) groups excluding carboxylic acids is 3. The van der Waals surface area contributed by atoms with E-state index in [9.17, 15) is 29.7 Å². The van der Waals surface area contributed by atoms with Gasteiger partial charge in [-0.05, 0) is 94.4 Å². The minimum absolute atomic E-state index is 0.0356. The van der Waals surface area contributed by atoms with Gasteiger partial charge in [0.1, 0.15) is 29.0 Å². The molecule has 0 radical (unpaired) electrons. The molecule has 0 bridgehead atoms. The van der Waals surface area contributed by atoms with Gasteiger partial charge in [-0.2, -0.15) is 0 Å². The van der Waals surface area contributed by atoms with Crippen molar-refractivity contribution in [2.24, 2.45) is 22.7 Å². The molecule has 0 saturated heterocycles. The van der Waals surface area contributed by atoms with Crippen molar-refractivity contribution in [3.8, 4) is 0 Å². The van der Waals surface area contributed by atoms with Gasteiger partial charge < -0.3 is 24.8 Å². The van der Waals surface area contributed by atoms with Crippen LogP contribution in [0.4, 0.5) is 0 Å². The highest BCUT2D eigenvalue weighted by molar-refractivity contribution is 6.42. The number of hydrogen-bond donors (Lipinski definition) is 3. The summed E-state index contributed by atoms with van der Waals surface area (Å²) < 4.78 is 11.9. The molecule has 4 aliphatic rings. The molecule has 8 atom stereocenters. The average Bonchev–Trinajstić information content (AvgIpc) is 3.23. The molecular weight excluding hydrogens is 643 g/mol. The quantitative estimate of drug-likeness (QED) is 0.167. The number of aliphatic hydroxyl groups is 3. The molecule has 0 aliphatic heterocycles. The Kier molecular flexibility index (Phi) is 9.48. The third-order valence-corrected chi connectivity index (χ3v) is 13.0. The zero-order chi connectivity index (χ0) is 34.7. The lowest BCUT2D eigenvalue weighted by Gasteiger charge is -2.67. The largest absolute Gasteiger partial charge is 0.459 e. The van der Waals surface area contributed by atoms with Crippen LogP contribution in [0.1, 0.15) is 92.1 Å². The van der Waals surface area contributed by atoms with Crippen LogP contribution in [-0.2, 0) is 23.9 Å². The van der Waals surface area contributed by atoms with E-state index in [4.69, 9.17) is 32.7 Å². The number of allylic oxidation sites excluding steroid dienone is 1. The van der Waals surface area contributed by atoms with E-state index in [0.717, 1.165) is 11.1 Å². The van der Waals surface area contributed by atoms with Crippen LogP contribution in [0.15, 0.2) is 47.6 Å². The number of carbonyl (C=O) groups is 3. The fourth-order valence-corrected chi connectivity index (χ4v) is 9.27. The van der Waals surface area contributed by atoms with E-state index >= 15 is 0 Å². The van der Waals surface area contributed by atoms with Gasteiger partial charge in [0, 0.05) is 24.5 Å². The van der Waals surface area contributed by atoms with E-state index in [2.05, 4.69) is 0 Å². The minimum Gasteiger partial charge on any atom is -0.459 e. The summed E-state index contributed by atoms with van der Waals surface area (Å²) >= 11 is 12.1. The Morgan fingerprint density at radius 3 is 2.32 bits per heavy atom. The number of benzene rings is 1. The molecule has 5 rings (SSSR count). The Hall–Kier alpha value is -2.49. The standard InChI is InChI=1S/C37H46Cl2O8/c1-21(2)22(3)17-32(42)47-30-20-29-33(5)13-12-26(46-31(41)10-8-24-7-9-27(38)28(39)18-24)19-25(33)11-14-36(29,44)37(45)16-15-35(43,23(4)40)34(30,37)6/h7-11,17-18,21,26,29-30,43-45H,12-16,19-20H2,1-6H3/b10-8+,22-17+/t26-,29?,30+,33-,34+,35+,36-,37+/m0/s1. The van der Waals surface area contributed by atoms with Gasteiger partial charge in [0.25, 0.3) is 0 Å². The predicted octanol–water partition coefficient (Wildman–Crippen LogP) is 6.56. The van der Waals surface area contributed by atoms with Crippen molar-refractivity contribution < 1.29 is 39.2 Å². The summed E-state index contributed by atoms with van der Waals surface area (Å²) in [4.78, 5) is 39.1. The van der Waals surface area contributed by atoms with E-state index in [-0.39, 0.29) is 31.6 Å². The number of esters is 2. The van der Waals surface area contributed by atoms with Gasteiger partial charge in [-0.15, -0.1) is 0 Å². The average molecular weight is 690 g/mol. The van der Waals surface area contributed by atoms with Gasteiger partial charge >= 0.3 is 11.9 Å². The Morgan fingerprint density at radius 2 is 1.68 bits per heavy atom. The summed E-state index contributed by atoms with van der Waals surface area (Å²) in [5, 5.41) is 37.9. The minimum atomic E-state index is -2.01. The first-order chi connectivity index (χ1) is 21.8. The van der Waals surface area contributed by atoms with Crippen molar-refractivity contribution in [3.63, 3.8) is 0 Å². The Labute approximate surface area is 286 Å². The second kappa shape index (κ2) is 12.4. The number of hydrogen-bond acceptors (Lipinski definition) is 8. The molecule has 0 aromatic heterocycles. The second-order valence-electron chi connectivity index (χ2n) is 14.8. The maximum Gasteiger partial charge on any atom is 0.331 e. The van der Waals surface area contributed by atoms with Crippen LogP contribution >= 0.6 is 23.2 Å². The van der Waals surface area contributed by atoms with E-state index in [0.29, 0.717) is 34.9 Å². The third-order valence-electron chi connectivity index (χ3n) is 12.3. The van der Waals surface area contributed by atoms with Crippen LogP contribution in [-0.4, -0.2) is 62.1 Å². The lowest BCUT2D eigenvalue weighted by atomic mass is 9.42. The molecule has 0 spiro atoms. The Morgan fingerprint density at radius 1 is 0.979 bits per heavy atom. The summed E-state index contributed by atoms with van der Waals surface area (Å²) in [5.41, 5.74) is -5.44. The molecule has 8 nitrogen and oxygen atoms in total. The van der Waals surface area contributed by atoms with E-state index in [1.165, 1.54) is 19.1 Å². The lowest BCUT2D eigenvalue weighted by Crippen LogP contribution is -2.78. The Bertz CT molecular complexity index is 1560. The van der Waals surface area contributed by atoms with Gasteiger partial charge in [-0.25, -0.2) is 9.59 Å².